The van der Waals surface area contributed by atoms with Crippen molar-refractivity contribution in [1.29, 1.82) is 0 Å². The number of rotatable bonds is 8. The van der Waals surface area contributed by atoms with E-state index >= 15 is 0 Å². The molecule has 0 aliphatic carbocycles. The van der Waals surface area contributed by atoms with Crippen LogP contribution in [-0.4, -0.2) is 38.6 Å². The summed E-state index contributed by atoms with van der Waals surface area (Å²) in [6.45, 7) is 4.76. The zero-order valence-electron chi connectivity index (χ0n) is 16.5. The average Bonchev–Trinajstić information content (AvgIpc) is 2.64. The molecule has 0 unspecified atom stereocenters. The third-order valence-electron chi connectivity index (χ3n) is 4.13. The lowest BCUT2D eigenvalue weighted by atomic mass is 10.0. The van der Waals surface area contributed by atoms with Crippen molar-refractivity contribution in [3.8, 4) is 0 Å². The van der Waals surface area contributed by atoms with Crippen LogP contribution >= 0.6 is 0 Å². The molecule has 2 aromatic rings. The van der Waals surface area contributed by atoms with Crippen molar-refractivity contribution >= 4 is 32.9 Å². The summed E-state index contributed by atoms with van der Waals surface area (Å²) in [5.74, 6) is 0.624. The minimum atomic E-state index is -3.53. The lowest BCUT2D eigenvalue weighted by molar-refractivity contribution is -0.384. The smallest absolute Gasteiger partial charge is 0.293 e. The Hall–Kier alpha value is -3.14. The Morgan fingerprint density at radius 3 is 2.59 bits per heavy atom. The Morgan fingerprint density at radius 1 is 1.24 bits per heavy atom. The molecule has 0 bridgehead atoms. The summed E-state index contributed by atoms with van der Waals surface area (Å²) < 4.78 is 23.2. The molecule has 0 heterocycles. The second-order valence-electron chi connectivity index (χ2n) is 6.81. The molecule has 29 heavy (non-hydrogen) atoms. The topological polar surface area (TPSA) is 140 Å². The Bertz CT molecular complexity index is 1020. The van der Waals surface area contributed by atoms with E-state index in [1.165, 1.54) is 17.7 Å². The van der Waals surface area contributed by atoms with E-state index in [-0.39, 0.29) is 35.3 Å². The molecule has 2 rings (SSSR count). The zero-order valence-corrected chi connectivity index (χ0v) is 17.4. The second-order valence-corrected chi connectivity index (χ2v) is 8.82. The molecule has 0 amide bonds. The van der Waals surface area contributed by atoms with E-state index in [1.54, 1.807) is 0 Å². The van der Waals surface area contributed by atoms with Crippen molar-refractivity contribution in [2.45, 2.75) is 24.7 Å². The third kappa shape index (κ3) is 6.46. The summed E-state index contributed by atoms with van der Waals surface area (Å²) >= 11 is 0. The number of nitrogens with zero attached hydrogens (tertiary/aromatic N) is 2. The normalized spacial score (nSPS) is 12.1. The van der Waals surface area contributed by atoms with Gasteiger partial charge < -0.3 is 16.4 Å². The first-order chi connectivity index (χ1) is 13.6. The fourth-order valence-corrected chi connectivity index (χ4v) is 3.21. The van der Waals surface area contributed by atoms with Gasteiger partial charge in [-0.15, -0.1) is 0 Å². The van der Waals surface area contributed by atoms with Gasteiger partial charge in [0.25, 0.3) is 5.69 Å². The summed E-state index contributed by atoms with van der Waals surface area (Å²) in [5.41, 5.74) is 7.80. The van der Waals surface area contributed by atoms with Crippen LogP contribution in [0.5, 0.6) is 0 Å². The number of nitrogens with one attached hydrogen (secondary N) is 2. The number of nitrogens with two attached hydrogens (primary N) is 1. The van der Waals surface area contributed by atoms with Gasteiger partial charge in [-0.25, -0.2) is 8.42 Å². The quantitative estimate of drug-likeness (QED) is 0.196. The van der Waals surface area contributed by atoms with Crippen LogP contribution in [0.1, 0.15) is 25.3 Å². The van der Waals surface area contributed by atoms with Crippen LogP contribution < -0.4 is 16.4 Å². The summed E-state index contributed by atoms with van der Waals surface area (Å²) in [6, 6.07) is 11.6. The number of nitro benzene ring substituents is 1. The maximum absolute atomic E-state index is 11.6. The first kappa shape index (κ1) is 22.2. The number of hydrogen-bond donors (Lipinski definition) is 3. The van der Waals surface area contributed by atoms with Crippen LogP contribution in [0.2, 0.25) is 0 Å². The Labute approximate surface area is 170 Å². The van der Waals surface area contributed by atoms with Crippen molar-refractivity contribution in [2.24, 2.45) is 10.7 Å². The standard InChI is InChI=1S/C19H25N5O4S/c1-13(2)14-5-4-6-15(11-14)23-19(20)22-10-9-21-17-8-7-16(29(3,27)28)12-18(17)24(25)26/h4-8,11-13,21H,9-10H2,1-3H3,(H3,20,22,23). The number of nitro groups is 1. The van der Waals surface area contributed by atoms with Gasteiger partial charge in [0, 0.05) is 24.6 Å². The van der Waals surface area contributed by atoms with Crippen molar-refractivity contribution < 1.29 is 13.3 Å². The molecule has 10 heteroatoms. The molecular weight excluding hydrogens is 394 g/mol. The van der Waals surface area contributed by atoms with E-state index in [4.69, 9.17) is 5.73 Å². The molecule has 4 N–H and O–H groups in total. The average molecular weight is 420 g/mol. The maximum atomic E-state index is 11.6. The molecule has 156 valence electrons. The SMILES string of the molecule is CC(C)c1cccc(NC(N)=NCCNc2ccc(S(C)(=O)=O)cc2[N+](=O)[O-])c1. The summed E-state index contributed by atoms with van der Waals surface area (Å²) in [4.78, 5) is 14.7. The molecule has 0 radical (unpaired) electrons. The largest absolute Gasteiger partial charge is 0.378 e. The van der Waals surface area contributed by atoms with Gasteiger partial charge in [0.2, 0.25) is 0 Å². The summed E-state index contributed by atoms with van der Waals surface area (Å²) in [7, 11) is -3.53. The van der Waals surface area contributed by atoms with E-state index in [9.17, 15) is 18.5 Å². The molecule has 0 atom stereocenters. The molecule has 0 fully saturated rings. The summed E-state index contributed by atoms with van der Waals surface area (Å²) in [5, 5.41) is 17.1. The minimum absolute atomic E-state index is 0.107. The summed E-state index contributed by atoms with van der Waals surface area (Å²) in [6.07, 6.45) is 1.00. The third-order valence-corrected chi connectivity index (χ3v) is 5.24. The minimum Gasteiger partial charge on any atom is -0.378 e. The number of guanidine groups is 1. The fraction of sp³-hybridized carbons (Fsp3) is 0.316. The molecule has 0 aromatic heterocycles. The van der Waals surface area contributed by atoms with Gasteiger partial charge in [-0.2, -0.15) is 0 Å². The van der Waals surface area contributed by atoms with Gasteiger partial charge in [-0.1, -0.05) is 26.0 Å². The molecule has 0 saturated heterocycles. The van der Waals surface area contributed by atoms with Gasteiger partial charge in [0.1, 0.15) is 5.69 Å². The van der Waals surface area contributed by atoms with Crippen LogP contribution in [-0.2, 0) is 9.84 Å². The maximum Gasteiger partial charge on any atom is 0.293 e. The molecular formula is C19H25N5O4S. The number of aliphatic imine (C=N–C) groups is 1. The van der Waals surface area contributed by atoms with Crippen LogP contribution in [0.15, 0.2) is 52.4 Å². The van der Waals surface area contributed by atoms with Crippen LogP contribution in [0.3, 0.4) is 0 Å². The molecule has 2 aromatic carbocycles. The van der Waals surface area contributed by atoms with Crippen LogP contribution in [0, 0.1) is 10.1 Å². The molecule has 0 spiro atoms. The molecule has 0 aliphatic rings. The lowest BCUT2D eigenvalue weighted by Crippen LogP contribution is -2.24. The second kappa shape index (κ2) is 9.37. The Morgan fingerprint density at radius 2 is 1.97 bits per heavy atom. The van der Waals surface area contributed by atoms with Gasteiger partial charge in [0.15, 0.2) is 15.8 Å². The molecule has 9 nitrogen and oxygen atoms in total. The molecule has 0 saturated carbocycles. The number of sulfone groups is 1. The van der Waals surface area contributed by atoms with E-state index in [1.807, 2.05) is 24.3 Å². The van der Waals surface area contributed by atoms with Gasteiger partial charge in [-0.05, 0) is 35.7 Å². The fourth-order valence-electron chi connectivity index (χ4n) is 2.57. The van der Waals surface area contributed by atoms with E-state index in [0.29, 0.717) is 5.92 Å². The highest BCUT2D eigenvalue weighted by Crippen LogP contribution is 2.27. The molecule has 0 aliphatic heterocycles. The highest BCUT2D eigenvalue weighted by atomic mass is 32.2. The number of anilines is 2. The predicted molar refractivity (Wildman–Crippen MR) is 115 cm³/mol. The van der Waals surface area contributed by atoms with Gasteiger partial charge in [-0.3, -0.25) is 15.1 Å². The van der Waals surface area contributed by atoms with Crippen molar-refractivity contribution in [3.05, 3.63) is 58.1 Å². The predicted octanol–water partition coefficient (Wildman–Crippen LogP) is 2.96. The zero-order chi connectivity index (χ0) is 21.6. The number of hydrogen-bond acceptors (Lipinski definition) is 6. The van der Waals surface area contributed by atoms with Gasteiger partial charge >= 0.3 is 0 Å². The highest BCUT2D eigenvalue weighted by molar-refractivity contribution is 7.90. The van der Waals surface area contributed by atoms with E-state index < -0.39 is 14.8 Å². The first-order valence-electron chi connectivity index (χ1n) is 8.97. The monoisotopic (exact) mass is 419 g/mol. The van der Waals surface area contributed by atoms with Gasteiger partial charge in [0.05, 0.1) is 16.4 Å². The van der Waals surface area contributed by atoms with Crippen LogP contribution in [0.25, 0.3) is 0 Å². The van der Waals surface area contributed by atoms with E-state index in [2.05, 4.69) is 29.5 Å². The van der Waals surface area contributed by atoms with Crippen molar-refractivity contribution in [3.63, 3.8) is 0 Å². The first-order valence-corrected chi connectivity index (χ1v) is 10.9. The number of benzene rings is 2. The Kier molecular flexibility index (Phi) is 7.16. The highest BCUT2D eigenvalue weighted by Gasteiger charge is 2.18. The van der Waals surface area contributed by atoms with Crippen molar-refractivity contribution in [2.75, 3.05) is 30.0 Å². The lowest BCUT2D eigenvalue weighted by Gasteiger charge is -2.10. The van der Waals surface area contributed by atoms with E-state index in [0.717, 1.165) is 18.0 Å². The van der Waals surface area contributed by atoms with Crippen molar-refractivity contribution in [1.82, 2.24) is 0 Å². The van der Waals surface area contributed by atoms with Crippen LogP contribution in [0.4, 0.5) is 17.1 Å². The Balaban J connectivity index is 1.99.